The van der Waals surface area contributed by atoms with Gasteiger partial charge in [-0.3, -0.25) is 15.1 Å². The minimum atomic E-state index is -4.96. The highest BCUT2D eigenvalue weighted by molar-refractivity contribution is 6.17. The topological polar surface area (TPSA) is 65.3 Å². The Labute approximate surface area is 98.3 Å². The van der Waals surface area contributed by atoms with Crippen LogP contribution >= 0.6 is 11.6 Å². The first kappa shape index (κ1) is 13.5. The van der Waals surface area contributed by atoms with Gasteiger partial charge in [0.15, 0.2) is 5.75 Å². The van der Waals surface area contributed by atoms with Crippen LogP contribution < -0.4 is 4.74 Å². The fourth-order valence-corrected chi connectivity index (χ4v) is 1.43. The van der Waals surface area contributed by atoms with E-state index in [1.807, 2.05) is 0 Å². The molecule has 0 aliphatic rings. The highest BCUT2D eigenvalue weighted by Crippen LogP contribution is 2.35. The Kier molecular flexibility index (Phi) is 3.76. The predicted molar refractivity (Wildman–Crippen MR) is 51.9 cm³/mol. The largest absolute Gasteiger partial charge is 0.573 e. The molecule has 1 aromatic rings. The lowest BCUT2D eigenvalue weighted by atomic mass is 10.2. The minimum absolute atomic E-state index is 0.122. The number of alkyl halides is 4. The second-order valence-electron chi connectivity index (χ2n) is 2.98. The molecule has 1 heterocycles. The van der Waals surface area contributed by atoms with Crippen molar-refractivity contribution in [3.8, 4) is 5.75 Å². The summed E-state index contributed by atoms with van der Waals surface area (Å²) in [5.74, 6) is -1.20. The van der Waals surface area contributed by atoms with Gasteiger partial charge in [-0.15, -0.1) is 24.8 Å². The Morgan fingerprint density at radius 1 is 1.59 bits per heavy atom. The Bertz CT molecular complexity index is 450. The third kappa shape index (κ3) is 3.19. The number of aryl methyl sites for hydroxylation is 1. The number of pyridine rings is 1. The van der Waals surface area contributed by atoms with Crippen LogP contribution in [0, 0.1) is 17.0 Å². The molecule has 94 valence electrons. The Hall–Kier alpha value is -1.57. The van der Waals surface area contributed by atoms with Crippen molar-refractivity contribution in [2.75, 3.05) is 0 Å². The molecule has 0 saturated carbocycles. The molecule has 5 nitrogen and oxygen atoms in total. The van der Waals surface area contributed by atoms with E-state index in [1.165, 1.54) is 6.92 Å². The van der Waals surface area contributed by atoms with Crippen LogP contribution in [0.25, 0.3) is 0 Å². The van der Waals surface area contributed by atoms with Crippen molar-refractivity contribution in [1.82, 2.24) is 4.98 Å². The monoisotopic (exact) mass is 270 g/mol. The van der Waals surface area contributed by atoms with Gasteiger partial charge < -0.3 is 4.74 Å². The van der Waals surface area contributed by atoms with Crippen molar-refractivity contribution < 1.29 is 22.8 Å². The number of nitro groups is 1. The molecular formula is C8H6ClF3N2O3. The van der Waals surface area contributed by atoms with Crippen LogP contribution in [-0.2, 0) is 5.88 Å². The normalized spacial score (nSPS) is 11.4. The number of hydrogen-bond donors (Lipinski definition) is 0. The third-order valence-electron chi connectivity index (χ3n) is 1.84. The summed E-state index contributed by atoms with van der Waals surface area (Å²) < 4.78 is 40.0. The molecule has 1 rings (SSSR count). The lowest BCUT2D eigenvalue weighted by molar-refractivity contribution is -0.386. The van der Waals surface area contributed by atoms with Crippen LogP contribution in [0.5, 0.6) is 5.75 Å². The van der Waals surface area contributed by atoms with Crippen LogP contribution in [-0.4, -0.2) is 16.3 Å². The maximum atomic E-state index is 12.1. The van der Waals surface area contributed by atoms with E-state index in [2.05, 4.69) is 9.72 Å². The molecule has 0 aliphatic carbocycles. The zero-order valence-electron chi connectivity index (χ0n) is 8.42. The van der Waals surface area contributed by atoms with Crippen LogP contribution in [0.3, 0.4) is 0 Å². The number of hydrogen-bond acceptors (Lipinski definition) is 4. The smallest absolute Gasteiger partial charge is 0.403 e. The summed E-state index contributed by atoms with van der Waals surface area (Å²) in [6.07, 6.45) is -4.11. The first-order valence-electron chi connectivity index (χ1n) is 4.21. The molecule has 0 N–H and O–H groups in total. The first-order valence-corrected chi connectivity index (χ1v) is 4.74. The van der Waals surface area contributed by atoms with Crippen molar-refractivity contribution in [2.24, 2.45) is 0 Å². The van der Waals surface area contributed by atoms with Gasteiger partial charge in [-0.2, -0.15) is 0 Å². The molecule has 9 heteroatoms. The lowest BCUT2D eigenvalue weighted by Crippen LogP contribution is -2.19. The van der Waals surface area contributed by atoms with Crippen LogP contribution in [0.15, 0.2) is 6.20 Å². The quantitative estimate of drug-likeness (QED) is 0.481. The molecule has 17 heavy (non-hydrogen) atoms. The number of rotatable bonds is 3. The number of nitrogens with zero attached hydrogens (tertiary/aromatic N) is 2. The summed E-state index contributed by atoms with van der Waals surface area (Å²) in [5, 5.41) is 10.6. The van der Waals surface area contributed by atoms with E-state index in [4.69, 9.17) is 11.6 Å². The van der Waals surface area contributed by atoms with E-state index in [-0.39, 0.29) is 11.3 Å². The highest BCUT2D eigenvalue weighted by atomic mass is 35.5. The molecule has 0 radical (unpaired) electrons. The molecule has 0 spiro atoms. The fourth-order valence-electron chi connectivity index (χ4n) is 1.17. The van der Waals surface area contributed by atoms with Crippen LogP contribution in [0.1, 0.15) is 11.3 Å². The van der Waals surface area contributed by atoms with E-state index in [0.717, 1.165) is 6.20 Å². The zero-order valence-corrected chi connectivity index (χ0v) is 9.17. The van der Waals surface area contributed by atoms with Gasteiger partial charge in [-0.25, -0.2) is 0 Å². The molecule has 0 amide bonds. The van der Waals surface area contributed by atoms with Gasteiger partial charge in [-0.05, 0) is 6.92 Å². The number of halogens is 4. The van der Waals surface area contributed by atoms with Crippen molar-refractivity contribution in [2.45, 2.75) is 19.2 Å². The third-order valence-corrected chi connectivity index (χ3v) is 2.11. The van der Waals surface area contributed by atoms with E-state index in [1.54, 1.807) is 0 Å². The number of ether oxygens (including phenoxy) is 1. The summed E-state index contributed by atoms with van der Waals surface area (Å²) in [7, 11) is 0. The minimum Gasteiger partial charge on any atom is -0.403 e. The Morgan fingerprint density at radius 2 is 2.18 bits per heavy atom. The first-order chi connectivity index (χ1) is 7.76. The average molecular weight is 271 g/mol. The summed E-state index contributed by atoms with van der Waals surface area (Å²) in [6, 6.07) is 0. The predicted octanol–water partition coefficient (Wildman–Crippen LogP) is 2.94. The fraction of sp³-hybridized carbons (Fsp3) is 0.375. The molecule has 0 atom stereocenters. The SMILES string of the molecule is Cc1ncc([N+](=O)[O-])c(CCl)c1OC(F)(F)F. The van der Waals surface area contributed by atoms with Crippen LogP contribution in [0.4, 0.5) is 18.9 Å². The van der Waals surface area contributed by atoms with Gasteiger partial charge in [0.1, 0.15) is 6.20 Å². The van der Waals surface area contributed by atoms with Crippen molar-refractivity contribution in [3.05, 3.63) is 27.6 Å². The van der Waals surface area contributed by atoms with E-state index in [9.17, 15) is 23.3 Å². The van der Waals surface area contributed by atoms with Gasteiger partial charge >= 0.3 is 6.36 Å². The average Bonchev–Trinajstić information content (AvgIpc) is 2.18. The van der Waals surface area contributed by atoms with Gasteiger partial charge in [0, 0.05) is 0 Å². The van der Waals surface area contributed by atoms with Crippen LogP contribution in [0.2, 0.25) is 0 Å². The lowest BCUT2D eigenvalue weighted by Gasteiger charge is -2.13. The molecule has 0 bridgehead atoms. The molecule has 0 aromatic carbocycles. The molecule has 1 aromatic heterocycles. The molecule has 0 aliphatic heterocycles. The van der Waals surface area contributed by atoms with E-state index in [0.29, 0.717) is 0 Å². The van der Waals surface area contributed by atoms with Gasteiger partial charge in [0.2, 0.25) is 0 Å². The van der Waals surface area contributed by atoms with Gasteiger partial charge in [-0.1, -0.05) is 0 Å². The molecular weight excluding hydrogens is 265 g/mol. The maximum Gasteiger partial charge on any atom is 0.573 e. The molecule has 0 fully saturated rings. The summed E-state index contributed by atoms with van der Waals surface area (Å²) >= 11 is 5.40. The van der Waals surface area contributed by atoms with Gasteiger partial charge in [0.25, 0.3) is 5.69 Å². The second kappa shape index (κ2) is 4.74. The van der Waals surface area contributed by atoms with Gasteiger partial charge in [0.05, 0.1) is 22.1 Å². The summed E-state index contributed by atoms with van der Waals surface area (Å²) in [6.45, 7) is 1.24. The Morgan fingerprint density at radius 3 is 2.59 bits per heavy atom. The maximum absolute atomic E-state index is 12.1. The summed E-state index contributed by atoms with van der Waals surface area (Å²) in [4.78, 5) is 13.2. The molecule has 0 unspecified atom stereocenters. The Balaban J connectivity index is 3.35. The van der Waals surface area contributed by atoms with Crippen molar-refractivity contribution >= 4 is 17.3 Å². The van der Waals surface area contributed by atoms with E-state index >= 15 is 0 Å². The summed E-state index contributed by atoms with van der Waals surface area (Å²) in [5.41, 5.74) is -1.07. The molecule has 0 saturated heterocycles. The second-order valence-corrected chi connectivity index (χ2v) is 3.24. The number of aromatic nitrogens is 1. The van der Waals surface area contributed by atoms with Crippen molar-refractivity contribution in [1.29, 1.82) is 0 Å². The highest BCUT2D eigenvalue weighted by Gasteiger charge is 2.35. The standard InChI is InChI=1S/C8H6ClF3N2O3/c1-4-7(17-8(10,11)12)5(2-9)6(3-13-4)14(15)16/h3H,2H2,1H3. The zero-order chi connectivity index (χ0) is 13.2. The van der Waals surface area contributed by atoms with E-state index < -0.39 is 28.6 Å². The van der Waals surface area contributed by atoms with Crippen molar-refractivity contribution in [3.63, 3.8) is 0 Å².